The Morgan fingerprint density at radius 1 is 1.35 bits per heavy atom. The van der Waals surface area contributed by atoms with Crippen molar-refractivity contribution >= 4 is 15.9 Å². The van der Waals surface area contributed by atoms with Crippen LogP contribution in [0.5, 0.6) is 0 Å². The van der Waals surface area contributed by atoms with E-state index >= 15 is 0 Å². The smallest absolute Gasteiger partial charge is 0.164 e. The van der Waals surface area contributed by atoms with Crippen LogP contribution in [-0.4, -0.2) is 19.9 Å². The average Bonchev–Trinajstić information content (AvgIpc) is 2.75. The van der Waals surface area contributed by atoms with Gasteiger partial charge in [0, 0.05) is 16.6 Å². The third kappa shape index (κ3) is 2.25. The van der Waals surface area contributed by atoms with Gasteiger partial charge in [0.2, 0.25) is 0 Å². The Hall–Kier alpha value is -1.20. The Labute approximate surface area is 108 Å². The minimum absolute atomic E-state index is 0.0870. The summed E-state index contributed by atoms with van der Waals surface area (Å²) in [4.78, 5) is 0. The first-order valence-corrected chi connectivity index (χ1v) is 6.26. The van der Waals surface area contributed by atoms with E-state index in [1.807, 2.05) is 30.5 Å². The number of aromatic nitrogens is 3. The van der Waals surface area contributed by atoms with Crippen molar-refractivity contribution in [1.29, 1.82) is 0 Å². The van der Waals surface area contributed by atoms with Gasteiger partial charge in [-0.3, -0.25) is 0 Å². The maximum absolute atomic E-state index is 9.18. The molecule has 0 saturated carbocycles. The molecule has 1 heterocycles. The summed E-state index contributed by atoms with van der Waals surface area (Å²) < 4.78 is 2.99. The van der Waals surface area contributed by atoms with E-state index in [9.17, 15) is 5.11 Å². The van der Waals surface area contributed by atoms with Gasteiger partial charge in [0.25, 0.3) is 0 Å². The number of halogens is 1. The highest BCUT2D eigenvalue weighted by Gasteiger charge is 2.12. The van der Waals surface area contributed by atoms with Gasteiger partial charge in [-0.25, -0.2) is 0 Å². The molecule has 1 aromatic heterocycles. The van der Waals surface area contributed by atoms with Gasteiger partial charge in [-0.1, -0.05) is 22.0 Å². The lowest BCUT2D eigenvalue weighted by atomic mass is 10.1. The standard InChI is InChI=1S/C12H14BrN3O/c1-3-16-11(7-17)14-15-12(16)9-4-5-10(13)8(2)6-9/h4-6,17H,3,7H2,1-2H3. The first kappa shape index (κ1) is 12.3. The highest BCUT2D eigenvalue weighted by molar-refractivity contribution is 9.10. The number of aryl methyl sites for hydroxylation is 1. The van der Waals surface area contributed by atoms with Crippen LogP contribution in [0.15, 0.2) is 22.7 Å². The monoisotopic (exact) mass is 295 g/mol. The molecule has 0 bridgehead atoms. The molecule has 17 heavy (non-hydrogen) atoms. The molecule has 2 rings (SSSR count). The zero-order valence-corrected chi connectivity index (χ0v) is 11.4. The van der Waals surface area contributed by atoms with Crippen LogP contribution in [0.1, 0.15) is 18.3 Å². The molecule has 0 aliphatic carbocycles. The molecule has 2 aromatic rings. The van der Waals surface area contributed by atoms with Crippen LogP contribution in [0.2, 0.25) is 0 Å². The molecule has 5 heteroatoms. The molecular formula is C12H14BrN3O. The Kier molecular flexibility index (Phi) is 3.59. The summed E-state index contributed by atoms with van der Waals surface area (Å²) in [5.74, 6) is 1.40. The quantitative estimate of drug-likeness (QED) is 0.947. The van der Waals surface area contributed by atoms with E-state index in [2.05, 4.69) is 32.2 Å². The normalized spacial score (nSPS) is 10.8. The molecule has 4 nitrogen and oxygen atoms in total. The Morgan fingerprint density at radius 3 is 2.71 bits per heavy atom. The van der Waals surface area contributed by atoms with E-state index in [0.29, 0.717) is 5.82 Å². The maximum atomic E-state index is 9.18. The van der Waals surface area contributed by atoms with Gasteiger partial charge in [0.1, 0.15) is 6.61 Å². The number of nitrogens with zero attached hydrogens (tertiary/aromatic N) is 3. The summed E-state index contributed by atoms with van der Waals surface area (Å²) in [6.07, 6.45) is 0. The van der Waals surface area contributed by atoms with Crippen molar-refractivity contribution in [3.05, 3.63) is 34.1 Å². The zero-order chi connectivity index (χ0) is 12.4. The molecular weight excluding hydrogens is 282 g/mol. The molecule has 0 saturated heterocycles. The van der Waals surface area contributed by atoms with Crippen molar-refractivity contribution < 1.29 is 5.11 Å². The van der Waals surface area contributed by atoms with Crippen LogP contribution >= 0.6 is 15.9 Å². The van der Waals surface area contributed by atoms with Crippen LogP contribution in [0.4, 0.5) is 0 Å². The predicted molar refractivity (Wildman–Crippen MR) is 69.5 cm³/mol. The number of rotatable bonds is 3. The van der Waals surface area contributed by atoms with E-state index in [0.717, 1.165) is 28.0 Å². The summed E-state index contributed by atoms with van der Waals surface area (Å²) >= 11 is 3.47. The SMILES string of the molecule is CCn1c(CO)nnc1-c1ccc(Br)c(C)c1. The summed E-state index contributed by atoms with van der Waals surface area (Å²) in [5.41, 5.74) is 2.17. The molecule has 90 valence electrons. The minimum atomic E-state index is -0.0870. The van der Waals surface area contributed by atoms with Crippen molar-refractivity contribution in [2.75, 3.05) is 0 Å². The van der Waals surface area contributed by atoms with Gasteiger partial charge in [-0.15, -0.1) is 10.2 Å². The summed E-state index contributed by atoms with van der Waals surface area (Å²) in [6.45, 7) is 4.70. The maximum Gasteiger partial charge on any atom is 0.164 e. The van der Waals surface area contributed by atoms with Crippen LogP contribution in [-0.2, 0) is 13.2 Å². The second-order valence-corrected chi connectivity index (χ2v) is 4.66. The highest BCUT2D eigenvalue weighted by atomic mass is 79.9. The van der Waals surface area contributed by atoms with Gasteiger partial charge in [-0.2, -0.15) is 0 Å². The number of benzene rings is 1. The van der Waals surface area contributed by atoms with Gasteiger partial charge in [-0.05, 0) is 31.5 Å². The fourth-order valence-electron chi connectivity index (χ4n) is 1.78. The van der Waals surface area contributed by atoms with Gasteiger partial charge in [0.15, 0.2) is 11.6 Å². The fourth-order valence-corrected chi connectivity index (χ4v) is 2.03. The van der Waals surface area contributed by atoms with E-state index in [-0.39, 0.29) is 6.61 Å². The number of aliphatic hydroxyl groups is 1. The average molecular weight is 296 g/mol. The van der Waals surface area contributed by atoms with Crippen LogP contribution in [0, 0.1) is 6.92 Å². The minimum Gasteiger partial charge on any atom is -0.388 e. The molecule has 1 N–H and O–H groups in total. The van der Waals surface area contributed by atoms with Crippen LogP contribution in [0.25, 0.3) is 11.4 Å². The second-order valence-electron chi connectivity index (χ2n) is 3.81. The van der Waals surface area contributed by atoms with Gasteiger partial charge in [0.05, 0.1) is 0 Å². The Balaban J connectivity index is 2.52. The van der Waals surface area contributed by atoms with Crippen LogP contribution < -0.4 is 0 Å². The van der Waals surface area contributed by atoms with E-state index in [1.54, 1.807) is 0 Å². The van der Waals surface area contributed by atoms with Crippen LogP contribution in [0.3, 0.4) is 0 Å². The lowest BCUT2D eigenvalue weighted by molar-refractivity contribution is 0.265. The van der Waals surface area contributed by atoms with Gasteiger partial charge >= 0.3 is 0 Å². The Bertz CT molecular complexity index is 537. The Morgan fingerprint density at radius 2 is 2.12 bits per heavy atom. The lowest BCUT2D eigenvalue weighted by Crippen LogP contribution is -2.03. The molecule has 0 amide bonds. The molecule has 0 spiro atoms. The predicted octanol–water partition coefficient (Wildman–Crippen LogP) is 2.53. The fraction of sp³-hybridized carbons (Fsp3) is 0.333. The largest absolute Gasteiger partial charge is 0.388 e. The molecule has 0 aliphatic heterocycles. The lowest BCUT2D eigenvalue weighted by Gasteiger charge is -2.07. The van der Waals surface area contributed by atoms with Crippen molar-refractivity contribution in [1.82, 2.24) is 14.8 Å². The van der Waals surface area contributed by atoms with Crippen molar-refractivity contribution in [2.45, 2.75) is 27.0 Å². The second kappa shape index (κ2) is 4.98. The molecule has 0 radical (unpaired) electrons. The molecule has 0 fully saturated rings. The molecule has 1 aromatic carbocycles. The number of hydrogen-bond donors (Lipinski definition) is 1. The van der Waals surface area contributed by atoms with Crippen molar-refractivity contribution in [3.8, 4) is 11.4 Å². The molecule has 0 aliphatic rings. The number of hydrogen-bond acceptors (Lipinski definition) is 3. The van der Waals surface area contributed by atoms with Crippen molar-refractivity contribution in [3.63, 3.8) is 0 Å². The highest BCUT2D eigenvalue weighted by Crippen LogP contribution is 2.24. The first-order chi connectivity index (χ1) is 8.17. The third-order valence-electron chi connectivity index (χ3n) is 2.70. The summed E-state index contributed by atoms with van der Waals surface area (Å²) in [5, 5.41) is 17.3. The third-order valence-corrected chi connectivity index (χ3v) is 3.59. The zero-order valence-electron chi connectivity index (χ0n) is 9.81. The molecule has 0 atom stereocenters. The number of aliphatic hydroxyl groups excluding tert-OH is 1. The van der Waals surface area contributed by atoms with Crippen molar-refractivity contribution in [2.24, 2.45) is 0 Å². The van der Waals surface area contributed by atoms with E-state index in [4.69, 9.17) is 0 Å². The molecule has 0 unspecified atom stereocenters. The summed E-state index contributed by atoms with van der Waals surface area (Å²) in [7, 11) is 0. The van der Waals surface area contributed by atoms with E-state index < -0.39 is 0 Å². The van der Waals surface area contributed by atoms with E-state index in [1.165, 1.54) is 0 Å². The topological polar surface area (TPSA) is 50.9 Å². The summed E-state index contributed by atoms with van der Waals surface area (Å²) in [6, 6.07) is 6.05. The van der Waals surface area contributed by atoms with Gasteiger partial charge < -0.3 is 9.67 Å². The first-order valence-electron chi connectivity index (χ1n) is 5.46.